The summed E-state index contributed by atoms with van der Waals surface area (Å²) in [7, 11) is 0.232. The molecule has 0 atom stereocenters. The Kier molecular flexibility index (Phi) is 5.23. The highest BCUT2D eigenvalue weighted by Crippen LogP contribution is 2.20. The van der Waals surface area contributed by atoms with E-state index in [1.165, 1.54) is 35.7 Å². The van der Waals surface area contributed by atoms with Gasteiger partial charge in [-0.3, -0.25) is 0 Å². The maximum atomic E-state index is 5.98. The van der Waals surface area contributed by atoms with Gasteiger partial charge in [0.2, 0.25) is 8.32 Å². The molecule has 0 unspecified atom stereocenters. The maximum absolute atomic E-state index is 5.98. The molecule has 0 fully saturated rings. The van der Waals surface area contributed by atoms with Gasteiger partial charge in [0.1, 0.15) is 0 Å². The van der Waals surface area contributed by atoms with Gasteiger partial charge in [-0.25, -0.2) is 0 Å². The monoisotopic (exact) mass is 236 g/mol. The van der Waals surface area contributed by atoms with E-state index in [0.717, 1.165) is 0 Å². The molecular formula is C14H24OSi. The first kappa shape index (κ1) is 13.5. The minimum absolute atomic E-state index is 1.22. The van der Waals surface area contributed by atoms with Crippen LogP contribution in [0.4, 0.5) is 0 Å². The third-order valence-electron chi connectivity index (χ3n) is 3.28. The molecule has 0 aromatic heterocycles. The first-order valence-corrected chi connectivity index (χ1v) is 8.63. The zero-order valence-electron chi connectivity index (χ0n) is 11.0. The van der Waals surface area contributed by atoms with Crippen LogP contribution in [0, 0.1) is 6.92 Å². The Morgan fingerprint density at radius 1 is 1.00 bits per heavy atom. The van der Waals surface area contributed by atoms with Gasteiger partial charge in [0.05, 0.1) is 0 Å². The molecule has 0 aliphatic carbocycles. The van der Waals surface area contributed by atoms with Crippen molar-refractivity contribution in [3.8, 4) is 0 Å². The van der Waals surface area contributed by atoms with Crippen molar-refractivity contribution in [2.24, 2.45) is 0 Å². The molecule has 1 nitrogen and oxygen atoms in total. The van der Waals surface area contributed by atoms with Gasteiger partial charge in [0, 0.05) is 7.11 Å². The predicted octanol–water partition coefficient (Wildman–Crippen LogP) is 3.61. The Morgan fingerprint density at radius 3 is 1.88 bits per heavy atom. The molecule has 90 valence electrons. The minimum Gasteiger partial charge on any atom is -0.415 e. The van der Waals surface area contributed by atoms with Crippen LogP contribution in [0.15, 0.2) is 24.3 Å². The fraction of sp³-hybridized carbons (Fsp3) is 0.571. The quantitative estimate of drug-likeness (QED) is 0.686. The molecule has 1 aromatic rings. The van der Waals surface area contributed by atoms with E-state index < -0.39 is 8.32 Å². The van der Waals surface area contributed by atoms with Gasteiger partial charge >= 0.3 is 0 Å². The molecule has 1 aromatic carbocycles. The number of hydrogen-bond acceptors (Lipinski definition) is 1. The standard InChI is InChI=1S/C14H24OSi/c1-5-11-16(15-4,12-6-2)14-9-7-13(3)8-10-14/h7-10H,5-6,11-12H2,1-4H3. The Morgan fingerprint density at radius 2 is 1.50 bits per heavy atom. The van der Waals surface area contributed by atoms with Crippen molar-refractivity contribution in [3.05, 3.63) is 29.8 Å². The Hall–Kier alpha value is -0.603. The summed E-state index contributed by atoms with van der Waals surface area (Å²) in [5.41, 5.74) is 1.33. The van der Waals surface area contributed by atoms with Crippen LogP contribution < -0.4 is 5.19 Å². The van der Waals surface area contributed by atoms with E-state index in [4.69, 9.17) is 4.43 Å². The third-order valence-corrected chi connectivity index (χ3v) is 8.06. The Bertz CT molecular complexity index is 299. The normalized spacial score (nSPS) is 11.8. The SMILES string of the molecule is CCC[Si](CCC)(OC)c1ccc(C)cc1. The van der Waals surface area contributed by atoms with Crippen molar-refractivity contribution in [2.45, 2.75) is 45.7 Å². The summed E-state index contributed by atoms with van der Waals surface area (Å²) in [5, 5.41) is 1.46. The van der Waals surface area contributed by atoms with Crippen LogP contribution in [0.2, 0.25) is 12.1 Å². The summed E-state index contributed by atoms with van der Waals surface area (Å²) in [5.74, 6) is 0. The third kappa shape index (κ3) is 2.95. The Balaban J connectivity index is 3.02. The zero-order valence-corrected chi connectivity index (χ0v) is 12.0. The molecule has 0 saturated heterocycles. The Labute approximate surface area is 101 Å². The molecule has 0 saturated carbocycles. The highest BCUT2D eigenvalue weighted by Gasteiger charge is 2.33. The fourth-order valence-electron chi connectivity index (χ4n) is 2.40. The van der Waals surface area contributed by atoms with Gasteiger partial charge < -0.3 is 4.43 Å². The van der Waals surface area contributed by atoms with Gasteiger partial charge in [-0.15, -0.1) is 0 Å². The number of aryl methyl sites for hydroxylation is 1. The summed E-state index contributed by atoms with van der Waals surface area (Å²) in [6.45, 7) is 6.65. The highest BCUT2D eigenvalue weighted by molar-refractivity contribution is 6.86. The molecular weight excluding hydrogens is 212 g/mol. The lowest BCUT2D eigenvalue weighted by Gasteiger charge is -2.29. The first-order valence-electron chi connectivity index (χ1n) is 6.31. The van der Waals surface area contributed by atoms with Crippen LogP contribution in [-0.2, 0) is 4.43 Å². The number of benzene rings is 1. The van der Waals surface area contributed by atoms with Crippen molar-refractivity contribution < 1.29 is 4.43 Å². The van der Waals surface area contributed by atoms with Crippen LogP contribution >= 0.6 is 0 Å². The molecule has 0 amide bonds. The van der Waals surface area contributed by atoms with Gasteiger partial charge in [0.15, 0.2) is 0 Å². The first-order chi connectivity index (χ1) is 7.68. The van der Waals surface area contributed by atoms with E-state index in [2.05, 4.69) is 45.0 Å². The summed E-state index contributed by atoms with van der Waals surface area (Å²) in [6.07, 6.45) is 2.43. The second-order valence-corrected chi connectivity index (χ2v) is 8.54. The topological polar surface area (TPSA) is 9.23 Å². The molecule has 1 rings (SSSR count). The molecule has 0 aliphatic heterocycles. The molecule has 0 heterocycles. The van der Waals surface area contributed by atoms with Crippen molar-refractivity contribution in [3.63, 3.8) is 0 Å². The smallest absolute Gasteiger partial charge is 0.223 e. The van der Waals surface area contributed by atoms with Crippen molar-refractivity contribution >= 4 is 13.5 Å². The summed E-state index contributed by atoms with van der Waals surface area (Å²) < 4.78 is 5.98. The van der Waals surface area contributed by atoms with Gasteiger partial charge in [-0.05, 0) is 24.2 Å². The van der Waals surface area contributed by atoms with Crippen molar-refractivity contribution in [1.82, 2.24) is 0 Å². The second-order valence-electron chi connectivity index (χ2n) is 4.56. The average Bonchev–Trinajstić information content (AvgIpc) is 2.29. The highest BCUT2D eigenvalue weighted by atomic mass is 28.4. The average molecular weight is 236 g/mol. The van der Waals surface area contributed by atoms with Crippen molar-refractivity contribution in [1.29, 1.82) is 0 Å². The lowest BCUT2D eigenvalue weighted by atomic mass is 10.2. The molecule has 0 bridgehead atoms. The van der Waals surface area contributed by atoms with E-state index in [9.17, 15) is 0 Å². The largest absolute Gasteiger partial charge is 0.415 e. The van der Waals surface area contributed by atoms with Crippen LogP contribution in [0.3, 0.4) is 0 Å². The number of hydrogen-bond donors (Lipinski definition) is 0. The van der Waals surface area contributed by atoms with Gasteiger partial charge in [0.25, 0.3) is 0 Å². The van der Waals surface area contributed by atoms with Crippen molar-refractivity contribution in [2.75, 3.05) is 7.11 Å². The molecule has 16 heavy (non-hydrogen) atoms. The summed E-state index contributed by atoms with van der Waals surface area (Å²) in [6, 6.07) is 11.4. The zero-order chi connectivity index (χ0) is 12.0. The van der Waals surface area contributed by atoms with E-state index >= 15 is 0 Å². The molecule has 0 spiro atoms. The van der Waals surface area contributed by atoms with Crippen LogP contribution in [-0.4, -0.2) is 15.4 Å². The molecule has 2 heteroatoms. The second kappa shape index (κ2) is 6.21. The van der Waals surface area contributed by atoms with E-state index in [1.54, 1.807) is 0 Å². The van der Waals surface area contributed by atoms with Crippen LogP contribution in [0.1, 0.15) is 32.3 Å². The van der Waals surface area contributed by atoms with E-state index in [1.807, 2.05) is 7.11 Å². The summed E-state index contributed by atoms with van der Waals surface area (Å²) >= 11 is 0. The predicted molar refractivity (Wildman–Crippen MR) is 73.8 cm³/mol. The van der Waals surface area contributed by atoms with Gasteiger partial charge in [-0.1, -0.05) is 56.5 Å². The lowest BCUT2D eigenvalue weighted by molar-refractivity contribution is 0.400. The molecule has 0 radical (unpaired) electrons. The fourth-order valence-corrected chi connectivity index (χ4v) is 6.26. The van der Waals surface area contributed by atoms with E-state index in [0.29, 0.717) is 0 Å². The van der Waals surface area contributed by atoms with Crippen LogP contribution in [0.5, 0.6) is 0 Å². The summed E-state index contributed by atoms with van der Waals surface area (Å²) in [4.78, 5) is 0. The molecule has 0 aliphatic rings. The minimum atomic E-state index is -1.67. The van der Waals surface area contributed by atoms with Crippen LogP contribution in [0.25, 0.3) is 0 Å². The lowest BCUT2D eigenvalue weighted by Crippen LogP contribution is -2.49. The number of rotatable bonds is 6. The van der Waals surface area contributed by atoms with Gasteiger partial charge in [-0.2, -0.15) is 0 Å². The maximum Gasteiger partial charge on any atom is 0.223 e. The van der Waals surface area contributed by atoms with E-state index in [-0.39, 0.29) is 0 Å². The molecule has 0 N–H and O–H groups in total.